The van der Waals surface area contributed by atoms with E-state index in [1.165, 1.54) is 42.5 Å². The molecule has 0 aromatic heterocycles. The largest absolute Gasteiger partial charge is 0.389 e. The molecule has 0 radical (unpaired) electrons. The summed E-state index contributed by atoms with van der Waals surface area (Å²) in [7, 11) is 0. The Hall–Kier alpha value is -1.44. The van der Waals surface area contributed by atoms with Crippen molar-refractivity contribution in [1.82, 2.24) is 10.6 Å². The quantitative estimate of drug-likeness (QED) is 0.508. The van der Waals surface area contributed by atoms with Crippen LogP contribution >= 0.6 is 0 Å². The molecule has 1 aliphatic heterocycles. The summed E-state index contributed by atoms with van der Waals surface area (Å²) >= 11 is 0. The van der Waals surface area contributed by atoms with E-state index in [2.05, 4.69) is 42.9 Å². The van der Waals surface area contributed by atoms with Gasteiger partial charge in [0.25, 0.3) is 0 Å². The Bertz CT molecular complexity index is 375. The lowest BCUT2D eigenvalue weighted by Gasteiger charge is -2.17. The van der Waals surface area contributed by atoms with Crippen LogP contribution in [-0.4, -0.2) is 13.1 Å². The van der Waals surface area contributed by atoms with Crippen molar-refractivity contribution < 1.29 is 0 Å². The molecule has 0 atom stereocenters. The van der Waals surface area contributed by atoms with Gasteiger partial charge in [0.15, 0.2) is 0 Å². The number of nitrogens with one attached hydrogen (secondary N) is 2. The Morgan fingerprint density at radius 1 is 1.37 bits per heavy atom. The average Bonchev–Trinajstić information content (AvgIpc) is 2.37. The predicted molar refractivity (Wildman–Crippen MR) is 84.9 cm³/mol. The fraction of sp³-hybridized carbons (Fsp3) is 0.529. The van der Waals surface area contributed by atoms with E-state index in [9.17, 15) is 0 Å². The molecule has 1 aliphatic rings. The van der Waals surface area contributed by atoms with Crippen molar-refractivity contribution in [2.24, 2.45) is 0 Å². The van der Waals surface area contributed by atoms with Gasteiger partial charge in [-0.25, -0.2) is 0 Å². The van der Waals surface area contributed by atoms with Crippen LogP contribution in [0.1, 0.15) is 46.0 Å². The highest BCUT2D eigenvalue weighted by molar-refractivity contribution is 5.30. The number of unbranched alkanes of at least 4 members (excludes halogenated alkanes) is 1. The van der Waals surface area contributed by atoms with Crippen LogP contribution in [0.4, 0.5) is 0 Å². The van der Waals surface area contributed by atoms with E-state index in [1.807, 2.05) is 6.92 Å². The number of hydrogen-bond donors (Lipinski definition) is 2. The van der Waals surface area contributed by atoms with Crippen LogP contribution in [0.5, 0.6) is 0 Å². The van der Waals surface area contributed by atoms with Gasteiger partial charge in [-0.1, -0.05) is 30.9 Å². The minimum Gasteiger partial charge on any atom is -0.389 e. The van der Waals surface area contributed by atoms with Crippen LogP contribution in [0, 0.1) is 0 Å². The molecule has 0 fully saturated rings. The van der Waals surface area contributed by atoms with Crippen LogP contribution in [0.15, 0.2) is 47.9 Å². The van der Waals surface area contributed by atoms with Crippen molar-refractivity contribution in [2.45, 2.75) is 46.0 Å². The van der Waals surface area contributed by atoms with Crippen molar-refractivity contribution in [3.8, 4) is 0 Å². The van der Waals surface area contributed by atoms with E-state index >= 15 is 0 Å². The van der Waals surface area contributed by atoms with Gasteiger partial charge in [-0.05, 0) is 51.5 Å². The summed E-state index contributed by atoms with van der Waals surface area (Å²) in [5.74, 6) is 0. The molecule has 2 heteroatoms. The Morgan fingerprint density at radius 3 is 2.84 bits per heavy atom. The SMILES string of the molecule is C=C(/C=C\C1=C(C)NCCC1)CCCCNC(=C)C. The summed E-state index contributed by atoms with van der Waals surface area (Å²) in [5.41, 5.74) is 5.02. The Labute approximate surface area is 118 Å². The van der Waals surface area contributed by atoms with E-state index < -0.39 is 0 Å². The Kier molecular flexibility index (Phi) is 7.09. The van der Waals surface area contributed by atoms with Crippen LogP contribution in [0.25, 0.3) is 0 Å². The first-order valence-electron chi connectivity index (χ1n) is 7.28. The van der Waals surface area contributed by atoms with E-state index in [4.69, 9.17) is 0 Å². The van der Waals surface area contributed by atoms with E-state index in [0.717, 1.165) is 25.2 Å². The molecule has 2 N–H and O–H groups in total. The minimum absolute atomic E-state index is 1.01. The van der Waals surface area contributed by atoms with Gasteiger partial charge in [0, 0.05) is 24.5 Å². The molecular formula is C17H28N2. The lowest BCUT2D eigenvalue weighted by Crippen LogP contribution is -2.19. The molecule has 0 saturated carbocycles. The molecule has 0 saturated heterocycles. The third-order valence-corrected chi connectivity index (χ3v) is 3.37. The molecule has 0 unspecified atom stereocenters. The second kappa shape index (κ2) is 8.63. The lowest BCUT2D eigenvalue weighted by atomic mass is 10.0. The van der Waals surface area contributed by atoms with E-state index in [0.29, 0.717) is 0 Å². The van der Waals surface area contributed by atoms with Gasteiger partial charge in [0.05, 0.1) is 0 Å². The summed E-state index contributed by atoms with van der Waals surface area (Å²) in [6, 6.07) is 0. The monoisotopic (exact) mass is 260 g/mol. The van der Waals surface area contributed by atoms with Crippen LogP contribution in [0.3, 0.4) is 0 Å². The maximum atomic E-state index is 4.13. The van der Waals surface area contributed by atoms with Gasteiger partial charge in [-0.3, -0.25) is 0 Å². The van der Waals surface area contributed by atoms with Gasteiger partial charge >= 0.3 is 0 Å². The Morgan fingerprint density at radius 2 is 2.16 bits per heavy atom. The molecule has 0 bridgehead atoms. The predicted octanol–water partition coefficient (Wildman–Crippen LogP) is 4.05. The molecular weight excluding hydrogens is 232 g/mol. The maximum Gasteiger partial charge on any atom is 0.0147 e. The number of allylic oxidation sites excluding steroid dienone is 6. The molecule has 19 heavy (non-hydrogen) atoms. The zero-order valence-corrected chi connectivity index (χ0v) is 12.5. The highest BCUT2D eigenvalue weighted by Crippen LogP contribution is 2.17. The van der Waals surface area contributed by atoms with Crippen LogP contribution in [-0.2, 0) is 0 Å². The molecule has 0 amide bonds. The smallest absolute Gasteiger partial charge is 0.0147 e. The molecule has 1 heterocycles. The van der Waals surface area contributed by atoms with E-state index in [-0.39, 0.29) is 0 Å². The standard InChI is InChI=1S/C17H28N2/c1-14(2)18-12-6-5-8-15(3)10-11-17-9-7-13-19-16(17)4/h10-11,18-19H,1,3,5-9,12-13H2,2,4H3/b11-10-. The van der Waals surface area contributed by atoms with Gasteiger partial charge in [0.1, 0.15) is 0 Å². The highest BCUT2D eigenvalue weighted by atomic mass is 14.9. The Balaban J connectivity index is 2.21. The normalized spacial score (nSPS) is 15.5. The lowest BCUT2D eigenvalue weighted by molar-refractivity contribution is 0.671. The average molecular weight is 260 g/mol. The first-order chi connectivity index (χ1) is 9.09. The van der Waals surface area contributed by atoms with Crippen molar-refractivity contribution >= 4 is 0 Å². The fourth-order valence-electron chi connectivity index (χ4n) is 2.14. The van der Waals surface area contributed by atoms with Gasteiger partial charge in [-0.15, -0.1) is 0 Å². The summed E-state index contributed by atoms with van der Waals surface area (Å²) in [5, 5.41) is 6.66. The summed E-state index contributed by atoms with van der Waals surface area (Å²) < 4.78 is 0. The van der Waals surface area contributed by atoms with Gasteiger partial charge < -0.3 is 10.6 Å². The molecule has 0 spiro atoms. The summed E-state index contributed by atoms with van der Waals surface area (Å²) in [6.45, 7) is 14.2. The van der Waals surface area contributed by atoms with Crippen LogP contribution in [0.2, 0.25) is 0 Å². The van der Waals surface area contributed by atoms with Gasteiger partial charge in [-0.2, -0.15) is 0 Å². The highest BCUT2D eigenvalue weighted by Gasteiger charge is 2.04. The third-order valence-electron chi connectivity index (χ3n) is 3.37. The van der Waals surface area contributed by atoms with Crippen LogP contribution < -0.4 is 10.6 Å². The van der Waals surface area contributed by atoms with Gasteiger partial charge in [0.2, 0.25) is 0 Å². The van der Waals surface area contributed by atoms with Crippen molar-refractivity contribution in [3.05, 3.63) is 47.9 Å². The molecule has 0 aromatic carbocycles. The first-order valence-corrected chi connectivity index (χ1v) is 7.28. The van der Waals surface area contributed by atoms with Crippen molar-refractivity contribution in [1.29, 1.82) is 0 Å². The molecule has 1 rings (SSSR count). The second-order valence-electron chi connectivity index (χ2n) is 5.34. The van der Waals surface area contributed by atoms with Crippen molar-refractivity contribution in [2.75, 3.05) is 13.1 Å². The fourth-order valence-corrected chi connectivity index (χ4v) is 2.14. The summed E-state index contributed by atoms with van der Waals surface area (Å²) in [4.78, 5) is 0. The number of rotatable bonds is 8. The number of hydrogen-bond acceptors (Lipinski definition) is 2. The topological polar surface area (TPSA) is 24.1 Å². The zero-order chi connectivity index (χ0) is 14.1. The molecule has 0 aromatic rings. The molecule has 106 valence electrons. The minimum atomic E-state index is 1.01. The molecule has 0 aliphatic carbocycles. The zero-order valence-electron chi connectivity index (χ0n) is 12.5. The second-order valence-corrected chi connectivity index (χ2v) is 5.34. The molecule has 2 nitrogen and oxygen atoms in total. The first kappa shape index (κ1) is 15.6. The third kappa shape index (κ3) is 6.90. The maximum absolute atomic E-state index is 4.13. The summed E-state index contributed by atoms with van der Waals surface area (Å²) in [6.07, 6.45) is 10.3. The van der Waals surface area contributed by atoms with Crippen molar-refractivity contribution in [3.63, 3.8) is 0 Å². The van der Waals surface area contributed by atoms with E-state index in [1.54, 1.807) is 0 Å².